The van der Waals surface area contributed by atoms with E-state index in [1.807, 2.05) is 0 Å². The van der Waals surface area contributed by atoms with Crippen LogP contribution in [-0.4, -0.2) is 5.91 Å². The molecule has 0 aliphatic heterocycles. The van der Waals surface area contributed by atoms with Gasteiger partial charge in [-0.25, -0.2) is 8.78 Å². The van der Waals surface area contributed by atoms with Crippen LogP contribution in [0.4, 0.5) is 20.2 Å². The third-order valence-corrected chi connectivity index (χ3v) is 2.93. The maximum atomic E-state index is 13.6. The molecule has 0 aromatic heterocycles. The van der Waals surface area contributed by atoms with Crippen molar-refractivity contribution < 1.29 is 13.6 Å². The molecular weight excluding hydrogens is 318 g/mol. The number of nitrogens with two attached hydrogens (primary N) is 1. The Morgan fingerprint density at radius 3 is 2.58 bits per heavy atom. The van der Waals surface area contributed by atoms with Crippen molar-refractivity contribution >= 4 is 33.2 Å². The van der Waals surface area contributed by atoms with Crippen LogP contribution in [0.25, 0.3) is 0 Å². The molecule has 6 heteroatoms. The molecule has 0 radical (unpaired) electrons. The Hall–Kier alpha value is -1.95. The van der Waals surface area contributed by atoms with E-state index in [1.54, 1.807) is 0 Å². The van der Waals surface area contributed by atoms with Crippen molar-refractivity contribution in [2.24, 2.45) is 0 Å². The molecule has 0 spiro atoms. The largest absolute Gasteiger partial charge is 0.397 e. The predicted molar refractivity (Wildman–Crippen MR) is 72.9 cm³/mol. The lowest BCUT2D eigenvalue weighted by atomic mass is 10.2. The van der Waals surface area contributed by atoms with Crippen LogP contribution in [0.5, 0.6) is 0 Å². The summed E-state index contributed by atoms with van der Waals surface area (Å²) in [4.78, 5) is 11.9. The van der Waals surface area contributed by atoms with Crippen LogP contribution in [0, 0.1) is 11.6 Å². The Balaban J connectivity index is 2.28. The lowest BCUT2D eigenvalue weighted by Gasteiger charge is -2.09. The number of hydrogen-bond acceptors (Lipinski definition) is 2. The minimum absolute atomic E-state index is 0.104. The van der Waals surface area contributed by atoms with Gasteiger partial charge < -0.3 is 11.1 Å². The van der Waals surface area contributed by atoms with Crippen LogP contribution in [0.3, 0.4) is 0 Å². The lowest BCUT2D eigenvalue weighted by Crippen LogP contribution is -2.15. The Bertz CT molecular complexity index is 647. The van der Waals surface area contributed by atoms with Crippen molar-refractivity contribution in [3.8, 4) is 0 Å². The molecule has 0 bridgehead atoms. The van der Waals surface area contributed by atoms with Crippen LogP contribution in [0.1, 0.15) is 10.4 Å². The Kier molecular flexibility index (Phi) is 3.80. The Morgan fingerprint density at radius 2 is 1.89 bits per heavy atom. The molecule has 1 amide bonds. The third kappa shape index (κ3) is 3.08. The van der Waals surface area contributed by atoms with Gasteiger partial charge in [-0.15, -0.1) is 0 Å². The van der Waals surface area contributed by atoms with Crippen LogP contribution in [-0.2, 0) is 0 Å². The summed E-state index contributed by atoms with van der Waals surface area (Å²) in [5.74, 6) is -1.91. The van der Waals surface area contributed by atoms with Gasteiger partial charge in [-0.2, -0.15) is 0 Å². The molecule has 0 saturated carbocycles. The molecule has 2 aromatic carbocycles. The molecule has 0 aliphatic carbocycles. The van der Waals surface area contributed by atoms with Gasteiger partial charge in [0.25, 0.3) is 5.91 Å². The molecule has 0 aliphatic rings. The number of nitrogen functional groups attached to an aromatic ring is 1. The van der Waals surface area contributed by atoms with E-state index in [2.05, 4.69) is 21.2 Å². The second-order valence-electron chi connectivity index (χ2n) is 3.81. The monoisotopic (exact) mass is 326 g/mol. The zero-order chi connectivity index (χ0) is 14.0. The second-order valence-corrected chi connectivity index (χ2v) is 4.73. The van der Waals surface area contributed by atoms with E-state index in [0.717, 1.165) is 6.07 Å². The zero-order valence-electron chi connectivity index (χ0n) is 9.58. The summed E-state index contributed by atoms with van der Waals surface area (Å²) in [6.45, 7) is 0. The maximum Gasteiger partial charge on any atom is 0.258 e. The van der Waals surface area contributed by atoms with E-state index < -0.39 is 17.5 Å². The molecule has 3 N–H and O–H groups in total. The number of anilines is 2. The first-order valence-electron chi connectivity index (χ1n) is 5.29. The van der Waals surface area contributed by atoms with Crippen LogP contribution < -0.4 is 11.1 Å². The molecule has 0 saturated heterocycles. The third-order valence-electron chi connectivity index (χ3n) is 2.44. The van der Waals surface area contributed by atoms with Gasteiger partial charge in [0.2, 0.25) is 0 Å². The normalized spacial score (nSPS) is 10.3. The Labute approximate surface area is 116 Å². The molecule has 2 aromatic rings. The first-order valence-corrected chi connectivity index (χ1v) is 6.08. The van der Waals surface area contributed by atoms with Crippen LogP contribution in [0.15, 0.2) is 40.9 Å². The van der Waals surface area contributed by atoms with Crippen molar-refractivity contribution in [1.82, 2.24) is 0 Å². The van der Waals surface area contributed by atoms with Gasteiger partial charge in [-0.1, -0.05) is 15.9 Å². The van der Waals surface area contributed by atoms with E-state index in [1.165, 1.54) is 30.3 Å². The molecular formula is C13H9BrF2N2O. The minimum Gasteiger partial charge on any atom is -0.397 e. The Morgan fingerprint density at radius 1 is 1.16 bits per heavy atom. The first-order chi connectivity index (χ1) is 8.97. The molecule has 0 heterocycles. The summed E-state index contributed by atoms with van der Waals surface area (Å²) in [7, 11) is 0. The van der Waals surface area contributed by atoms with E-state index in [9.17, 15) is 13.6 Å². The topological polar surface area (TPSA) is 55.1 Å². The van der Waals surface area contributed by atoms with Crippen molar-refractivity contribution in [2.75, 3.05) is 11.1 Å². The van der Waals surface area contributed by atoms with E-state index in [4.69, 9.17) is 5.73 Å². The van der Waals surface area contributed by atoms with Gasteiger partial charge in [0.1, 0.15) is 11.6 Å². The minimum atomic E-state index is -0.692. The average Bonchev–Trinajstić information content (AvgIpc) is 2.33. The number of hydrogen-bond donors (Lipinski definition) is 2. The van der Waals surface area contributed by atoms with Gasteiger partial charge in [-0.05, 0) is 36.4 Å². The molecule has 3 nitrogen and oxygen atoms in total. The van der Waals surface area contributed by atoms with Gasteiger partial charge in [0.05, 0.1) is 16.9 Å². The fourth-order valence-electron chi connectivity index (χ4n) is 1.50. The molecule has 0 atom stereocenters. The number of nitrogens with one attached hydrogen (secondary N) is 1. The summed E-state index contributed by atoms with van der Waals surface area (Å²) < 4.78 is 27.2. The van der Waals surface area contributed by atoms with Gasteiger partial charge in [-0.3, -0.25) is 4.79 Å². The van der Waals surface area contributed by atoms with Gasteiger partial charge in [0.15, 0.2) is 0 Å². The fourth-order valence-corrected chi connectivity index (χ4v) is 1.83. The maximum absolute atomic E-state index is 13.6. The number of carbonyl (C=O) groups excluding carboxylic acids is 1. The van der Waals surface area contributed by atoms with Crippen molar-refractivity contribution in [2.45, 2.75) is 0 Å². The molecule has 2 rings (SSSR count). The summed E-state index contributed by atoms with van der Waals surface area (Å²) in [5, 5.41) is 2.37. The summed E-state index contributed by atoms with van der Waals surface area (Å²) >= 11 is 3.09. The molecule has 0 fully saturated rings. The standard InChI is InChI=1S/C13H9BrF2N2O/c14-7-1-3-9(10(16)5-7)13(19)18-12-6-8(15)2-4-11(12)17/h1-6H,17H2,(H,18,19). The fraction of sp³-hybridized carbons (Fsp3) is 0. The van der Waals surface area contributed by atoms with E-state index in [-0.39, 0.29) is 16.9 Å². The number of amides is 1. The van der Waals surface area contributed by atoms with Crippen LogP contribution >= 0.6 is 15.9 Å². The van der Waals surface area contributed by atoms with Crippen molar-refractivity contribution in [3.05, 3.63) is 58.1 Å². The average molecular weight is 327 g/mol. The smallest absolute Gasteiger partial charge is 0.258 e. The van der Waals surface area contributed by atoms with Crippen molar-refractivity contribution in [3.63, 3.8) is 0 Å². The highest BCUT2D eigenvalue weighted by molar-refractivity contribution is 9.10. The highest BCUT2D eigenvalue weighted by Crippen LogP contribution is 2.21. The van der Waals surface area contributed by atoms with Gasteiger partial charge in [0, 0.05) is 4.47 Å². The number of carbonyl (C=O) groups is 1. The van der Waals surface area contributed by atoms with Crippen molar-refractivity contribution in [1.29, 1.82) is 0 Å². The highest BCUT2D eigenvalue weighted by Gasteiger charge is 2.13. The SMILES string of the molecule is Nc1ccc(F)cc1NC(=O)c1ccc(Br)cc1F. The number of halogens is 3. The number of rotatable bonds is 2. The quantitative estimate of drug-likeness (QED) is 0.829. The molecule has 0 unspecified atom stereocenters. The molecule has 19 heavy (non-hydrogen) atoms. The van der Waals surface area contributed by atoms with E-state index >= 15 is 0 Å². The lowest BCUT2D eigenvalue weighted by molar-refractivity contribution is 0.102. The van der Waals surface area contributed by atoms with E-state index in [0.29, 0.717) is 4.47 Å². The molecule has 98 valence electrons. The highest BCUT2D eigenvalue weighted by atomic mass is 79.9. The second kappa shape index (κ2) is 5.36. The summed E-state index contributed by atoms with van der Waals surface area (Å²) in [6.07, 6.45) is 0. The number of benzene rings is 2. The van der Waals surface area contributed by atoms with Crippen LogP contribution in [0.2, 0.25) is 0 Å². The van der Waals surface area contributed by atoms with Gasteiger partial charge >= 0.3 is 0 Å². The predicted octanol–water partition coefficient (Wildman–Crippen LogP) is 3.56. The summed E-state index contributed by atoms with van der Waals surface area (Å²) in [6, 6.07) is 7.60. The first kappa shape index (κ1) is 13.5. The zero-order valence-corrected chi connectivity index (χ0v) is 11.2. The summed E-state index contributed by atoms with van der Waals surface area (Å²) in [5.41, 5.74) is 5.75.